The van der Waals surface area contributed by atoms with Crippen LogP contribution in [0.2, 0.25) is 0 Å². The predicted octanol–water partition coefficient (Wildman–Crippen LogP) is 4.34. The number of aryl methyl sites for hydroxylation is 3. The molecule has 0 unspecified atom stereocenters. The van der Waals surface area contributed by atoms with E-state index >= 15 is 0 Å². The molecule has 0 fully saturated rings. The Balaban J connectivity index is 2.21. The standard InChI is InChI=1S/C25H34N2O2/c1-17(2)15-26-25(29)21(6)27(16-22-10-7-18(3)8-11-22)24(28)14-23-12-9-19(4)20(5)13-23/h7-13,17,21H,14-16H2,1-6H3,(H,26,29)/t21-/m1/s1. The van der Waals surface area contributed by atoms with E-state index in [-0.39, 0.29) is 18.2 Å². The summed E-state index contributed by atoms with van der Waals surface area (Å²) in [4.78, 5) is 27.6. The number of rotatable bonds is 8. The van der Waals surface area contributed by atoms with Crippen molar-refractivity contribution in [2.45, 2.75) is 60.5 Å². The first kappa shape index (κ1) is 22.7. The van der Waals surface area contributed by atoms with Gasteiger partial charge in [0.2, 0.25) is 11.8 Å². The molecule has 0 aliphatic rings. The highest BCUT2D eigenvalue weighted by atomic mass is 16.2. The van der Waals surface area contributed by atoms with Crippen molar-refractivity contribution in [3.63, 3.8) is 0 Å². The maximum absolute atomic E-state index is 13.2. The maximum Gasteiger partial charge on any atom is 0.242 e. The van der Waals surface area contributed by atoms with Gasteiger partial charge in [-0.15, -0.1) is 0 Å². The van der Waals surface area contributed by atoms with Gasteiger partial charge in [0, 0.05) is 13.1 Å². The fourth-order valence-electron chi connectivity index (χ4n) is 3.11. The van der Waals surface area contributed by atoms with Crippen LogP contribution in [0.3, 0.4) is 0 Å². The van der Waals surface area contributed by atoms with E-state index in [1.54, 1.807) is 4.90 Å². The topological polar surface area (TPSA) is 49.4 Å². The molecule has 4 nitrogen and oxygen atoms in total. The number of nitrogens with one attached hydrogen (secondary N) is 1. The normalized spacial score (nSPS) is 12.0. The Kier molecular flexibility index (Phi) is 8.00. The molecule has 0 bridgehead atoms. The minimum Gasteiger partial charge on any atom is -0.354 e. The Hall–Kier alpha value is -2.62. The van der Waals surface area contributed by atoms with E-state index in [1.165, 1.54) is 16.7 Å². The largest absolute Gasteiger partial charge is 0.354 e. The number of amides is 2. The molecular weight excluding hydrogens is 360 g/mol. The third kappa shape index (κ3) is 6.74. The first-order valence-corrected chi connectivity index (χ1v) is 10.4. The minimum absolute atomic E-state index is 0.0407. The first-order valence-electron chi connectivity index (χ1n) is 10.4. The monoisotopic (exact) mass is 394 g/mol. The summed E-state index contributed by atoms with van der Waals surface area (Å²) in [5, 5.41) is 2.96. The van der Waals surface area contributed by atoms with Crippen molar-refractivity contribution in [2.24, 2.45) is 5.92 Å². The van der Waals surface area contributed by atoms with E-state index < -0.39 is 6.04 Å². The molecule has 0 saturated heterocycles. The summed E-state index contributed by atoms with van der Waals surface area (Å²) < 4.78 is 0. The lowest BCUT2D eigenvalue weighted by atomic mass is 10.0. The quantitative estimate of drug-likeness (QED) is 0.724. The molecule has 1 atom stereocenters. The Bertz CT molecular complexity index is 840. The maximum atomic E-state index is 13.2. The van der Waals surface area contributed by atoms with Gasteiger partial charge in [-0.2, -0.15) is 0 Å². The Morgan fingerprint density at radius 1 is 0.897 bits per heavy atom. The van der Waals surface area contributed by atoms with Crippen LogP contribution >= 0.6 is 0 Å². The summed E-state index contributed by atoms with van der Waals surface area (Å²) in [7, 11) is 0. The summed E-state index contributed by atoms with van der Waals surface area (Å²) in [6.45, 7) is 13.1. The molecule has 4 heteroatoms. The second kappa shape index (κ2) is 10.2. The molecule has 2 amide bonds. The lowest BCUT2D eigenvalue weighted by Crippen LogP contribution is -2.48. The van der Waals surface area contributed by atoms with E-state index in [0.29, 0.717) is 19.0 Å². The number of carbonyl (C=O) groups is 2. The second-order valence-electron chi connectivity index (χ2n) is 8.42. The Morgan fingerprint density at radius 3 is 2.10 bits per heavy atom. The second-order valence-corrected chi connectivity index (χ2v) is 8.42. The van der Waals surface area contributed by atoms with E-state index in [2.05, 4.69) is 39.1 Å². The van der Waals surface area contributed by atoms with Crippen LogP contribution in [0.4, 0.5) is 0 Å². The molecule has 1 N–H and O–H groups in total. The smallest absolute Gasteiger partial charge is 0.242 e. The van der Waals surface area contributed by atoms with Gasteiger partial charge in [-0.1, -0.05) is 61.9 Å². The van der Waals surface area contributed by atoms with Gasteiger partial charge in [0.15, 0.2) is 0 Å². The van der Waals surface area contributed by atoms with Crippen LogP contribution in [0.25, 0.3) is 0 Å². The summed E-state index contributed by atoms with van der Waals surface area (Å²) in [6, 6.07) is 13.7. The van der Waals surface area contributed by atoms with Gasteiger partial charge in [0.25, 0.3) is 0 Å². The summed E-state index contributed by atoms with van der Waals surface area (Å²) in [5.41, 5.74) is 5.54. The molecular formula is C25H34N2O2. The third-order valence-electron chi connectivity index (χ3n) is 5.25. The molecule has 0 aromatic heterocycles. The van der Waals surface area contributed by atoms with Crippen LogP contribution in [0.15, 0.2) is 42.5 Å². The number of nitrogens with zero attached hydrogens (tertiary/aromatic N) is 1. The van der Waals surface area contributed by atoms with E-state index in [9.17, 15) is 9.59 Å². The van der Waals surface area contributed by atoms with Gasteiger partial charge < -0.3 is 10.2 Å². The molecule has 0 saturated carbocycles. The number of benzene rings is 2. The molecule has 0 spiro atoms. The van der Waals surface area contributed by atoms with Crippen LogP contribution in [0.1, 0.15) is 48.6 Å². The molecule has 156 valence electrons. The molecule has 2 rings (SSSR count). The van der Waals surface area contributed by atoms with Crippen molar-refractivity contribution < 1.29 is 9.59 Å². The summed E-state index contributed by atoms with van der Waals surface area (Å²) >= 11 is 0. The lowest BCUT2D eigenvalue weighted by Gasteiger charge is -2.29. The third-order valence-corrected chi connectivity index (χ3v) is 5.25. The van der Waals surface area contributed by atoms with Crippen molar-refractivity contribution in [1.82, 2.24) is 10.2 Å². The highest BCUT2D eigenvalue weighted by Gasteiger charge is 2.26. The zero-order valence-electron chi connectivity index (χ0n) is 18.6. The molecule has 2 aromatic carbocycles. The first-order chi connectivity index (χ1) is 13.7. The highest BCUT2D eigenvalue weighted by Crippen LogP contribution is 2.15. The molecule has 0 aliphatic heterocycles. The van der Waals surface area contributed by atoms with Crippen LogP contribution in [-0.4, -0.2) is 29.3 Å². The highest BCUT2D eigenvalue weighted by molar-refractivity contribution is 5.88. The van der Waals surface area contributed by atoms with Gasteiger partial charge in [-0.05, 0) is 55.9 Å². The van der Waals surface area contributed by atoms with Crippen molar-refractivity contribution in [1.29, 1.82) is 0 Å². The predicted molar refractivity (Wildman–Crippen MR) is 119 cm³/mol. The fourth-order valence-corrected chi connectivity index (χ4v) is 3.11. The number of hydrogen-bond donors (Lipinski definition) is 1. The van der Waals surface area contributed by atoms with Crippen molar-refractivity contribution >= 4 is 11.8 Å². The number of hydrogen-bond acceptors (Lipinski definition) is 2. The molecule has 0 heterocycles. The molecule has 2 aromatic rings. The summed E-state index contributed by atoms with van der Waals surface area (Å²) in [6.07, 6.45) is 0.286. The van der Waals surface area contributed by atoms with Crippen molar-refractivity contribution in [3.05, 3.63) is 70.3 Å². The number of carbonyl (C=O) groups excluding carboxylic acids is 2. The van der Waals surface area contributed by atoms with E-state index in [0.717, 1.165) is 11.1 Å². The van der Waals surface area contributed by atoms with Gasteiger partial charge in [-0.25, -0.2) is 0 Å². The van der Waals surface area contributed by atoms with Gasteiger partial charge >= 0.3 is 0 Å². The van der Waals surface area contributed by atoms with Crippen LogP contribution < -0.4 is 5.32 Å². The Morgan fingerprint density at radius 2 is 1.52 bits per heavy atom. The van der Waals surface area contributed by atoms with Gasteiger partial charge in [0.1, 0.15) is 6.04 Å². The fraction of sp³-hybridized carbons (Fsp3) is 0.440. The zero-order valence-corrected chi connectivity index (χ0v) is 18.6. The Labute approximate surface area is 175 Å². The van der Waals surface area contributed by atoms with Crippen LogP contribution in [-0.2, 0) is 22.6 Å². The summed E-state index contributed by atoms with van der Waals surface area (Å²) in [5.74, 6) is 0.211. The zero-order chi connectivity index (χ0) is 21.6. The van der Waals surface area contributed by atoms with Crippen molar-refractivity contribution in [2.75, 3.05) is 6.54 Å². The SMILES string of the molecule is Cc1ccc(CN(C(=O)Cc2ccc(C)c(C)c2)[C@H](C)C(=O)NCC(C)C)cc1. The van der Waals surface area contributed by atoms with Crippen LogP contribution in [0, 0.1) is 26.7 Å². The van der Waals surface area contributed by atoms with E-state index in [1.807, 2.05) is 50.2 Å². The average molecular weight is 395 g/mol. The molecule has 0 aliphatic carbocycles. The average Bonchev–Trinajstić information content (AvgIpc) is 2.67. The van der Waals surface area contributed by atoms with E-state index in [4.69, 9.17) is 0 Å². The van der Waals surface area contributed by atoms with Crippen LogP contribution in [0.5, 0.6) is 0 Å². The van der Waals surface area contributed by atoms with Gasteiger partial charge in [-0.3, -0.25) is 9.59 Å². The molecule has 29 heavy (non-hydrogen) atoms. The minimum atomic E-state index is -0.533. The lowest BCUT2D eigenvalue weighted by molar-refractivity contribution is -0.140. The van der Waals surface area contributed by atoms with Crippen molar-refractivity contribution in [3.8, 4) is 0 Å². The molecule has 0 radical (unpaired) electrons. The van der Waals surface area contributed by atoms with Gasteiger partial charge in [0.05, 0.1) is 6.42 Å².